The summed E-state index contributed by atoms with van der Waals surface area (Å²) in [4.78, 5) is 0. The Kier molecular flexibility index (Phi) is 2.73. The molecule has 1 aromatic carbocycles. The third-order valence-corrected chi connectivity index (χ3v) is 1.80. The van der Waals surface area contributed by atoms with Gasteiger partial charge in [-0.05, 0) is 12.1 Å². The lowest BCUT2D eigenvalue weighted by Gasteiger charge is -2.08. The van der Waals surface area contributed by atoms with Crippen LogP contribution in [0.25, 0.3) is 0 Å². The van der Waals surface area contributed by atoms with Crippen molar-refractivity contribution in [1.29, 1.82) is 0 Å². The van der Waals surface area contributed by atoms with Crippen LogP contribution in [0.2, 0.25) is 5.02 Å². The molecule has 0 radical (unpaired) electrons. The van der Waals surface area contributed by atoms with E-state index in [1.54, 1.807) is 0 Å². The van der Waals surface area contributed by atoms with Crippen LogP contribution in [0.15, 0.2) is 12.1 Å². The Labute approximate surface area is 74.2 Å². The van der Waals surface area contributed by atoms with Gasteiger partial charge in [-0.2, -0.15) is 0 Å². The number of hydrazine groups is 1. The lowest BCUT2D eigenvalue weighted by Crippen LogP contribution is -2.09. The molecule has 0 aromatic heterocycles. The first-order valence-electron chi connectivity index (χ1n) is 3.19. The molecule has 0 fully saturated rings. The fourth-order valence-corrected chi connectivity index (χ4v) is 1.11. The van der Waals surface area contributed by atoms with Crippen LogP contribution in [0.1, 0.15) is 0 Å². The second-order valence-electron chi connectivity index (χ2n) is 2.08. The van der Waals surface area contributed by atoms with Gasteiger partial charge >= 0.3 is 0 Å². The zero-order valence-corrected chi connectivity index (χ0v) is 7.15. The molecular weight excluding hydrogens is 183 g/mol. The van der Waals surface area contributed by atoms with Gasteiger partial charge in [-0.15, -0.1) is 0 Å². The van der Waals surface area contributed by atoms with E-state index in [2.05, 4.69) is 5.43 Å². The van der Waals surface area contributed by atoms with Gasteiger partial charge in [0.25, 0.3) is 0 Å². The summed E-state index contributed by atoms with van der Waals surface area (Å²) in [5.41, 5.74) is 2.19. The van der Waals surface area contributed by atoms with Crippen molar-refractivity contribution in [1.82, 2.24) is 0 Å². The van der Waals surface area contributed by atoms with E-state index in [9.17, 15) is 4.39 Å². The van der Waals surface area contributed by atoms with Gasteiger partial charge in [0.15, 0.2) is 0 Å². The molecule has 1 aromatic rings. The fourth-order valence-electron chi connectivity index (χ4n) is 0.823. The third kappa shape index (κ3) is 1.44. The number of ether oxygens (including phenoxy) is 1. The average Bonchev–Trinajstić information content (AvgIpc) is 2.06. The van der Waals surface area contributed by atoms with Crippen LogP contribution in [-0.2, 0) is 0 Å². The molecule has 0 saturated heterocycles. The molecule has 0 bridgehead atoms. The summed E-state index contributed by atoms with van der Waals surface area (Å²) in [5.74, 6) is 4.91. The molecule has 0 saturated carbocycles. The molecule has 5 heteroatoms. The van der Waals surface area contributed by atoms with Crippen molar-refractivity contribution in [3.63, 3.8) is 0 Å². The topological polar surface area (TPSA) is 47.3 Å². The highest BCUT2D eigenvalue weighted by Gasteiger charge is 2.10. The van der Waals surface area contributed by atoms with E-state index < -0.39 is 5.82 Å². The molecular formula is C7H8ClFN2O. The maximum atomic E-state index is 12.9. The SMILES string of the molecule is COc1ccc(F)c(NN)c1Cl. The monoisotopic (exact) mass is 190 g/mol. The van der Waals surface area contributed by atoms with Crippen molar-refractivity contribution >= 4 is 17.3 Å². The molecule has 0 unspecified atom stereocenters. The van der Waals surface area contributed by atoms with Crippen molar-refractivity contribution in [2.75, 3.05) is 12.5 Å². The fraction of sp³-hybridized carbons (Fsp3) is 0.143. The van der Waals surface area contributed by atoms with Gasteiger partial charge in [-0.25, -0.2) is 4.39 Å². The van der Waals surface area contributed by atoms with Crippen LogP contribution in [0, 0.1) is 5.82 Å². The number of benzene rings is 1. The Bertz CT molecular complexity index is 293. The highest BCUT2D eigenvalue weighted by molar-refractivity contribution is 6.34. The quantitative estimate of drug-likeness (QED) is 0.552. The average molecular weight is 191 g/mol. The van der Waals surface area contributed by atoms with E-state index in [1.807, 2.05) is 0 Å². The highest BCUT2D eigenvalue weighted by atomic mass is 35.5. The van der Waals surface area contributed by atoms with E-state index in [1.165, 1.54) is 19.2 Å². The smallest absolute Gasteiger partial charge is 0.149 e. The van der Waals surface area contributed by atoms with E-state index >= 15 is 0 Å². The summed E-state index contributed by atoms with van der Waals surface area (Å²) in [6.07, 6.45) is 0. The summed E-state index contributed by atoms with van der Waals surface area (Å²) < 4.78 is 17.7. The Morgan fingerprint density at radius 2 is 2.25 bits per heavy atom. The number of methoxy groups -OCH3 is 1. The number of hydrogen-bond donors (Lipinski definition) is 2. The molecule has 0 aliphatic carbocycles. The first-order valence-corrected chi connectivity index (χ1v) is 3.57. The number of anilines is 1. The second kappa shape index (κ2) is 3.60. The predicted octanol–water partition coefficient (Wildman–Crippen LogP) is 1.77. The molecule has 12 heavy (non-hydrogen) atoms. The molecule has 66 valence electrons. The molecule has 0 heterocycles. The minimum Gasteiger partial charge on any atom is -0.495 e. The zero-order chi connectivity index (χ0) is 9.14. The van der Waals surface area contributed by atoms with Gasteiger partial charge in [-0.1, -0.05) is 11.6 Å². The van der Waals surface area contributed by atoms with Gasteiger partial charge < -0.3 is 10.2 Å². The Morgan fingerprint density at radius 3 is 2.75 bits per heavy atom. The maximum Gasteiger partial charge on any atom is 0.149 e. The van der Waals surface area contributed by atoms with Crippen molar-refractivity contribution in [3.05, 3.63) is 23.0 Å². The number of hydrogen-bond acceptors (Lipinski definition) is 3. The lowest BCUT2D eigenvalue weighted by molar-refractivity contribution is 0.414. The van der Waals surface area contributed by atoms with Crippen molar-refractivity contribution in [3.8, 4) is 5.75 Å². The Balaban J connectivity index is 3.24. The minimum absolute atomic E-state index is 0.0380. The molecule has 0 aliphatic heterocycles. The molecule has 3 nitrogen and oxygen atoms in total. The number of nitrogens with one attached hydrogen (secondary N) is 1. The van der Waals surface area contributed by atoms with Gasteiger partial charge in [0, 0.05) is 0 Å². The lowest BCUT2D eigenvalue weighted by atomic mass is 10.3. The standard InChI is InChI=1S/C7H8ClFN2O/c1-12-5-3-2-4(9)7(11-10)6(5)8/h2-3,11H,10H2,1H3. The Hall–Kier alpha value is -1.00. The molecule has 0 atom stereocenters. The van der Waals surface area contributed by atoms with Crippen LogP contribution in [0.4, 0.5) is 10.1 Å². The summed E-state index contributed by atoms with van der Waals surface area (Å²) >= 11 is 5.71. The van der Waals surface area contributed by atoms with Crippen molar-refractivity contribution in [2.45, 2.75) is 0 Å². The molecule has 1 rings (SSSR count). The van der Waals surface area contributed by atoms with Crippen molar-refractivity contribution < 1.29 is 9.13 Å². The predicted molar refractivity (Wildman–Crippen MR) is 45.8 cm³/mol. The number of nitrogen functional groups attached to an aromatic ring is 1. The van der Waals surface area contributed by atoms with Gasteiger partial charge in [0.05, 0.1) is 7.11 Å². The number of rotatable bonds is 2. The number of nitrogens with two attached hydrogens (primary N) is 1. The van der Waals surface area contributed by atoms with Crippen LogP contribution in [0.5, 0.6) is 5.75 Å². The second-order valence-corrected chi connectivity index (χ2v) is 2.46. The summed E-state index contributed by atoms with van der Waals surface area (Å²) in [6, 6.07) is 2.65. The molecule has 3 N–H and O–H groups in total. The van der Waals surface area contributed by atoms with Crippen molar-refractivity contribution in [2.24, 2.45) is 5.84 Å². The summed E-state index contributed by atoms with van der Waals surface area (Å²) in [7, 11) is 1.44. The van der Waals surface area contributed by atoms with Crippen LogP contribution < -0.4 is 16.0 Å². The van der Waals surface area contributed by atoms with Gasteiger partial charge in [-0.3, -0.25) is 5.84 Å². The largest absolute Gasteiger partial charge is 0.495 e. The number of halogens is 2. The highest BCUT2D eigenvalue weighted by Crippen LogP contribution is 2.33. The maximum absolute atomic E-state index is 12.9. The third-order valence-electron chi connectivity index (χ3n) is 1.42. The van der Waals surface area contributed by atoms with E-state index in [0.717, 1.165) is 0 Å². The van der Waals surface area contributed by atoms with Crippen LogP contribution >= 0.6 is 11.6 Å². The summed E-state index contributed by atoms with van der Waals surface area (Å²) in [5, 5.41) is 0.139. The van der Waals surface area contributed by atoms with Crippen LogP contribution in [0.3, 0.4) is 0 Å². The van der Waals surface area contributed by atoms with E-state index in [0.29, 0.717) is 5.75 Å². The van der Waals surface area contributed by atoms with Gasteiger partial charge in [0.1, 0.15) is 22.3 Å². The van der Waals surface area contributed by atoms with E-state index in [-0.39, 0.29) is 10.7 Å². The van der Waals surface area contributed by atoms with Gasteiger partial charge in [0.2, 0.25) is 0 Å². The molecule has 0 spiro atoms. The Morgan fingerprint density at radius 1 is 1.58 bits per heavy atom. The first kappa shape index (κ1) is 9.09. The zero-order valence-electron chi connectivity index (χ0n) is 6.40. The van der Waals surface area contributed by atoms with Crippen LogP contribution in [-0.4, -0.2) is 7.11 Å². The minimum atomic E-state index is -0.511. The molecule has 0 aliphatic rings. The molecule has 0 amide bonds. The normalized spacial score (nSPS) is 9.67. The van der Waals surface area contributed by atoms with E-state index in [4.69, 9.17) is 22.2 Å². The summed E-state index contributed by atoms with van der Waals surface area (Å²) in [6.45, 7) is 0. The first-order chi connectivity index (χ1) is 5.70.